The zero-order chi connectivity index (χ0) is 24.9. The summed E-state index contributed by atoms with van der Waals surface area (Å²) in [6.45, 7) is 7.32. The number of benzene rings is 2. The summed E-state index contributed by atoms with van der Waals surface area (Å²) in [6.07, 6.45) is 1.90. The van der Waals surface area contributed by atoms with Crippen molar-refractivity contribution >= 4 is 5.97 Å². The minimum atomic E-state index is -1.09. The van der Waals surface area contributed by atoms with Crippen LogP contribution in [0, 0.1) is 0 Å². The van der Waals surface area contributed by atoms with E-state index in [1.165, 1.54) is 0 Å². The number of carbonyl (C=O) groups is 1. The predicted molar refractivity (Wildman–Crippen MR) is 130 cm³/mol. The van der Waals surface area contributed by atoms with Crippen molar-refractivity contribution in [3.63, 3.8) is 0 Å². The van der Waals surface area contributed by atoms with Gasteiger partial charge in [0.1, 0.15) is 33.0 Å². The van der Waals surface area contributed by atoms with Crippen LogP contribution in [-0.4, -0.2) is 64.4 Å². The maximum Gasteiger partial charge on any atom is 0.332 e. The van der Waals surface area contributed by atoms with Gasteiger partial charge in [-0.25, -0.2) is 4.79 Å². The van der Waals surface area contributed by atoms with Gasteiger partial charge in [-0.1, -0.05) is 29.8 Å². The molecule has 1 aliphatic rings. The van der Waals surface area contributed by atoms with Crippen LogP contribution in [0.15, 0.2) is 60.2 Å². The second-order valence-corrected chi connectivity index (χ2v) is 8.16. The van der Waals surface area contributed by atoms with Crippen LogP contribution < -0.4 is 18.9 Å². The Bertz CT molecular complexity index is 912. The summed E-state index contributed by atoms with van der Waals surface area (Å²) in [6, 6.07) is 14.8. The molecule has 35 heavy (non-hydrogen) atoms. The molecule has 0 bridgehead atoms. The summed E-state index contributed by atoms with van der Waals surface area (Å²) in [7, 11) is 0. The van der Waals surface area contributed by atoms with Gasteiger partial charge < -0.3 is 33.2 Å². The third kappa shape index (κ3) is 8.49. The quantitative estimate of drug-likeness (QED) is 0.459. The lowest BCUT2D eigenvalue weighted by Crippen LogP contribution is -2.45. The Hall–Kier alpha value is -3.23. The Labute approximate surface area is 206 Å². The summed E-state index contributed by atoms with van der Waals surface area (Å²) in [5.74, 6) is 1.81. The van der Waals surface area contributed by atoms with Crippen molar-refractivity contribution in [2.24, 2.45) is 0 Å². The molecule has 2 aromatic rings. The molecular weight excluding hydrogens is 452 g/mol. The monoisotopic (exact) mass is 486 g/mol. The van der Waals surface area contributed by atoms with Gasteiger partial charge in [-0.2, -0.15) is 0 Å². The number of allylic oxidation sites excluding steroid dienone is 1. The van der Waals surface area contributed by atoms with E-state index in [2.05, 4.69) is 0 Å². The van der Waals surface area contributed by atoms with E-state index in [0.29, 0.717) is 49.4 Å². The molecule has 1 aliphatic heterocycles. The van der Waals surface area contributed by atoms with Crippen LogP contribution >= 0.6 is 0 Å². The van der Waals surface area contributed by atoms with Crippen LogP contribution in [0.5, 0.6) is 23.0 Å². The molecule has 2 aromatic carbocycles. The SMILES string of the molecule is CCOC(=O)COC1(C=C(C)C)COc2ccccc2OCCOCCOc2ccccc2OC1. The fourth-order valence-electron chi connectivity index (χ4n) is 3.48. The van der Waals surface area contributed by atoms with E-state index < -0.39 is 11.6 Å². The largest absolute Gasteiger partial charge is 0.487 e. The molecular formula is C27H34O8. The van der Waals surface area contributed by atoms with Crippen molar-refractivity contribution in [1.82, 2.24) is 0 Å². The molecule has 1 heterocycles. The average molecular weight is 487 g/mol. The summed E-state index contributed by atoms with van der Waals surface area (Å²) >= 11 is 0. The van der Waals surface area contributed by atoms with Gasteiger partial charge in [0.05, 0.1) is 19.8 Å². The van der Waals surface area contributed by atoms with Crippen molar-refractivity contribution in [3.8, 4) is 23.0 Å². The lowest BCUT2D eigenvalue weighted by Gasteiger charge is -2.31. The van der Waals surface area contributed by atoms with Gasteiger partial charge in [-0.05, 0) is 51.1 Å². The Morgan fingerprint density at radius 2 is 1.31 bits per heavy atom. The first-order valence-corrected chi connectivity index (χ1v) is 11.7. The van der Waals surface area contributed by atoms with E-state index in [-0.39, 0.29) is 26.4 Å². The van der Waals surface area contributed by atoms with Crippen molar-refractivity contribution < 1.29 is 38.0 Å². The maximum absolute atomic E-state index is 12.1. The highest BCUT2D eigenvalue weighted by atomic mass is 16.6. The van der Waals surface area contributed by atoms with Crippen LogP contribution in [0.25, 0.3) is 0 Å². The van der Waals surface area contributed by atoms with E-state index in [1.807, 2.05) is 68.5 Å². The van der Waals surface area contributed by atoms with Crippen molar-refractivity contribution in [1.29, 1.82) is 0 Å². The van der Waals surface area contributed by atoms with Crippen LogP contribution in [0.2, 0.25) is 0 Å². The molecule has 0 atom stereocenters. The van der Waals surface area contributed by atoms with E-state index in [0.717, 1.165) is 5.57 Å². The maximum atomic E-state index is 12.1. The summed E-state index contributed by atoms with van der Waals surface area (Å²) in [5, 5.41) is 0. The number of esters is 1. The number of fused-ring (bicyclic) bond motifs is 2. The molecule has 0 aromatic heterocycles. The number of rotatable bonds is 5. The molecule has 0 saturated heterocycles. The number of para-hydroxylation sites is 4. The van der Waals surface area contributed by atoms with Crippen LogP contribution in [0.3, 0.4) is 0 Å². The minimum absolute atomic E-state index is 0.0669. The molecule has 0 amide bonds. The van der Waals surface area contributed by atoms with Gasteiger partial charge in [0, 0.05) is 0 Å². The highest BCUT2D eigenvalue weighted by molar-refractivity contribution is 5.70. The standard InChI is InChI=1S/C27H34O8/c1-4-30-26(28)18-35-27(17-21(2)3)19-33-24-11-7-5-9-22(24)31-15-13-29-14-16-32-23-10-6-8-12-25(23)34-20-27/h5-12,17H,4,13-16,18-20H2,1-3H3. The molecule has 0 saturated carbocycles. The van der Waals surface area contributed by atoms with Crippen molar-refractivity contribution in [2.45, 2.75) is 26.4 Å². The predicted octanol–water partition coefficient (Wildman–Crippen LogP) is 4.22. The molecule has 8 nitrogen and oxygen atoms in total. The van der Waals surface area contributed by atoms with Crippen molar-refractivity contribution in [2.75, 3.05) is 52.9 Å². The summed E-state index contributed by atoms with van der Waals surface area (Å²) in [5.41, 5.74) is -0.117. The van der Waals surface area contributed by atoms with E-state index in [4.69, 9.17) is 33.2 Å². The topological polar surface area (TPSA) is 81.7 Å². The van der Waals surface area contributed by atoms with Crippen LogP contribution in [0.4, 0.5) is 0 Å². The molecule has 8 heteroatoms. The number of ether oxygens (including phenoxy) is 7. The van der Waals surface area contributed by atoms with Gasteiger partial charge in [0.15, 0.2) is 28.6 Å². The van der Waals surface area contributed by atoms with E-state index in [9.17, 15) is 4.79 Å². The first kappa shape index (κ1) is 26.4. The second kappa shape index (κ2) is 13.6. The van der Waals surface area contributed by atoms with Gasteiger partial charge in [-0.3, -0.25) is 0 Å². The van der Waals surface area contributed by atoms with Crippen LogP contribution in [0.1, 0.15) is 20.8 Å². The fraction of sp³-hybridized carbons (Fsp3) is 0.444. The van der Waals surface area contributed by atoms with Gasteiger partial charge >= 0.3 is 5.97 Å². The first-order valence-electron chi connectivity index (χ1n) is 11.7. The molecule has 0 unspecified atom stereocenters. The molecule has 0 aliphatic carbocycles. The third-order valence-electron chi connectivity index (χ3n) is 4.95. The van der Waals surface area contributed by atoms with E-state index >= 15 is 0 Å². The summed E-state index contributed by atoms with van der Waals surface area (Å²) in [4.78, 5) is 12.1. The summed E-state index contributed by atoms with van der Waals surface area (Å²) < 4.78 is 40.9. The molecule has 0 radical (unpaired) electrons. The Morgan fingerprint density at radius 3 is 1.77 bits per heavy atom. The first-order chi connectivity index (χ1) is 17.0. The fourth-order valence-corrected chi connectivity index (χ4v) is 3.48. The third-order valence-corrected chi connectivity index (χ3v) is 4.95. The van der Waals surface area contributed by atoms with Gasteiger partial charge in [-0.15, -0.1) is 0 Å². The Kier molecular flexibility index (Phi) is 10.3. The Balaban J connectivity index is 1.93. The van der Waals surface area contributed by atoms with Gasteiger partial charge in [0.2, 0.25) is 0 Å². The molecule has 190 valence electrons. The molecule has 0 N–H and O–H groups in total. The van der Waals surface area contributed by atoms with Crippen LogP contribution in [-0.2, 0) is 19.0 Å². The normalized spacial score (nSPS) is 16.1. The second-order valence-electron chi connectivity index (χ2n) is 8.16. The lowest BCUT2D eigenvalue weighted by atomic mass is 10.0. The van der Waals surface area contributed by atoms with Crippen molar-refractivity contribution in [3.05, 3.63) is 60.2 Å². The molecule has 0 fully saturated rings. The smallest absolute Gasteiger partial charge is 0.332 e. The van der Waals surface area contributed by atoms with Gasteiger partial charge in [0.25, 0.3) is 0 Å². The molecule has 0 spiro atoms. The zero-order valence-electron chi connectivity index (χ0n) is 20.6. The highest BCUT2D eigenvalue weighted by Crippen LogP contribution is 2.31. The number of carbonyl (C=O) groups excluding carboxylic acids is 1. The molecule has 3 rings (SSSR count). The average Bonchev–Trinajstić information content (AvgIpc) is 2.85. The van der Waals surface area contributed by atoms with E-state index in [1.54, 1.807) is 6.92 Å². The number of hydrogen-bond donors (Lipinski definition) is 0. The lowest BCUT2D eigenvalue weighted by molar-refractivity contribution is -0.156. The number of hydrogen-bond acceptors (Lipinski definition) is 8. The zero-order valence-corrected chi connectivity index (χ0v) is 20.6. The minimum Gasteiger partial charge on any atom is -0.487 e. The highest BCUT2D eigenvalue weighted by Gasteiger charge is 2.33. The Morgan fingerprint density at radius 1 is 0.829 bits per heavy atom.